The second kappa shape index (κ2) is 3.01. The van der Waals surface area contributed by atoms with Crippen LogP contribution in [0, 0.1) is 0 Å². The number of benzene rings is 4. The summed E-state index contributed by atoms with van der Waals surface area (Å²) in [6.07, 6.45) is 0. The van der Waals surface area contributed by atoms with E-state index in [1.807, 2.05) is 0 Å². The van der Waals surface area contributed by atoms with Crippen LogP contribution in [-0.4, -0.2) is 0 Å². The minimum absolute atomic E-state index is 0.0478. The molecule has 6 rings (SSSR count). The Bertz CT molecular complexity index is 915. The van der Waals surface area contributed by atoms with Crippen molar-refractivity contribution in [1.82, 2.24) is 0 Å². The number of fused-ring (bicyclic) bond motifs is 4. The molecule has 2 aliphatic carbocycles. The van der Waals surface area contributed by atoms with E-state index in [0.29, 0.717) is 0 Å². The predicted octanol–water partition coefficient (Wildman–Crippen LogP) is 5.00. The van der Waals surface area contributed by atoms with Crippen LogP contribution in [0.2, 0.25) is 0 Å². The average Bonchev–Trinajstić information content (AvgIpc) is 2.53. The molecule has 21 heavy (non-hydrogen) atoms. The molecule has 0 saturated heterocycles. The van der Waals surface area contributed by atoms with Gasteiger partial charge in [0.2, 0.25) is 0 Å². The zero-order chi connectivity index (χ0) is 13.6. The van der Waals surface area contributed by atoms with Crippen molar-refractivity contribution >= 4 is 21.5 Å². The standard InChI is InChI=1S/C21H12/c1-5-13-6-2-10-16-19(13)15(9-1)21(16)17-11-3-7-14-8-4-12-18(21)20(14)17/h1-12H. The highest BCUT2D eigenvalue weighted by molar-refractivity contribution is 6.10. The summed E-state index contributed by atoms with van der Waals surface area (Å²) >= 11 is 0. The Hall–Kier alpha value is -2.60. The van der Waals surface area contributed by atoms with Crippen LogP contribution in [0.15, 0.2) is 72.8 Å². The molecule has 0 saturated carbocycles. The molecular formula is C21H12. The maximum absolute atomic E-state index is 2.31. The Kier molecular flexibility index (Phi) is 1.46. The van der Waals surface area contributed by atoms with E-state index in [1.54, 1.807) is 0 Å². The summed E-state index contributed by atoms with van der Waals surface area (Å²) in [7, 11) is 0. The third-order valence-electron chi connectivity index (χ3n) is 5.43. The first-order valence-corrected chi connectivity index (χ1v) is 7.48. The lowest BCUT2D eigenvalue weighted by molar-refractivity contribution is 0.701. The molecule has 0 N–H and O–H groups in total. The van der Waals surface area contributed by atoms with E-state index in [2.05, 4.69) is 72.8 Å². The monoisotopic (exact) mass is 264 g/mol. The quantitative estimate of drug-likeness (QED) is 0.362. The van der Waals surface area contributed by atoms with Crippen molar-refractivity contribution in [3.63, 3.8) is 0 Å². The van der Waals surface area contributed by atoms with E-state index in [-0.39, 0.29) is 5.41 Å². The van der Waals surface area contributed by atoms with Crippen LogP contribution in [-0.2, 0) is 5.41 Å². The Morgan fingerprint density at radius 2 is 0.762 bits per heavy atom. The van der Waals surface area contributed by atoms with Gasteiger partial charge < -0.3 is 0 Å². The maximum atomic E-state index is 2.31. The Balaban J connectivity index is 1.83. The molecule has 0 atom stereocenters. The molecule has 0 heteroatoms. The topological polar surface area (TPSA) is 0 Å². The zero-order valence-electron chi connectivity index (χ0n) is 11.4. The van der Waals surface area contributed by atoms with Crippen molar-refractivity contribution in [1.29, 1.82) is 0 Å². The Labute approximate surface area is 122 Å². The molecule has 4 aromatic rings. The molecule has 0 heterocycles. The molecule has 0 fully saturated rings. The van der Waals surface area contributed by atoms with E-state index < -0.39 is 0 Å². The van der Waals surface area contributed by atoms with Gasteiger partial charge >= 0.3 is 0 Å². The molecule has 0 amide bonds. The molecule has 1 spiro atoms. The highest BCUT2D eigenvalue weighted by Crippen LogP contribution is 2.64. The van der Waals surface area contributed by atoms with Crippen LogP contribution >= 0.6 is 0 Å². The van der Waals surface area contributed by atoms with E-state index in [4.69, 9.17) is 0 Å². The van der Waals surface area contributed by atoms with Gasteiger partial charge in [-0.3, -0.25) is 0 Å². The fourth-order valence-electron chi connectivity index (χ4n) is 4.68. The second-order valence-corrected chi connectivity index (χ2v) is 6.17. The summed E-state index contributed by atoms with van der Waals surface area (Å²) < 4.78 is 0. The van der Waals surface area contributed by atoms with Crippen molar-refractivity contribution < 1.29 is 0 Å². The Morgan fingerprint density at radius 3 is 1.10 bits per heavy atom. The van der Waals surface area contributed by atoms with Gasteiger partial charge in [-0.25, -0.2) is 0 Å². The lowest BCUT2D eigenvalue weighted by Crippen LogP contribution is -2.43. The lowest BCUT2D eigenvalue weighted by atomic mass is 9.49. The predicted molar refractivity (Wildman–Crippen MR) is 86.9 cm³/mol. The molecule has 0 nitrogen and oxygen atoms in total. The molecular weight excluding hydrogens is 252 g/mol. The first-order valence-electron chi connectivity index (χ1n) is 7.48. The minimum Gasteiger partial charge on any atom is -0.0613 e. The van der Waals surface area contributed by atoms with E-state index >= 15 is 0 Å². The normalized spacial score (nSPS) is 16.0. The largest absolute Gasteiger partial charge is 0.0725 e. The molecule has 2 aliphatic rings. The lowest BCUT2D eigenvalue weighted by Gasteiger charge is -2.52. The van der Waals surface area contributed by atoms with Crippen molar-refractivity contribution in [3.8, 4) is 0 Å². The molecule has 0 unspecified atom stereocenters. The molecule has 0 aliphatic heterocycles. The summed E-state index contributed by atoms with van der Waals surface area (Å²) in [5.74, 6) is 0. The van der Waals surface area contributed by atoms with Gasteiger partial charge in [-0.1, -0.05) is 72.8 Å². The third kappa shape index (κ3) is 0.857. The minimum atomic E-state index is 0.0478. The fourth-order valence-corrected chi connectivity index (χ4v) is 4.68. The van der Waals surface area contributed by atoms with Gasteiger partial charge in [-0.05, 0) is 43.8 Å². The van der Waals surface area contributed by atoms with Gasteiger partial charge in [0.1, 0.15) is 0 Å². The Morgan fingerprint density at radius 1 is 0.429 bits per heavy atom. The third-order valence-corrected chi connectivity index (χ3v) is 5.43. The van der Waals surface area contributed by atoms with E-state index in [0.717, 1.165) is 0 Å². The molecule has 0 aromatic heterocycles. The molecule has 0 bridgehead atoms. The fraction of sp³-hybridized carbons (Fsp3) is 0.0476. The van der Waals surface area contributed by atoms with Crippen molar-refractivity contribution in [2.45, 2.75) is 5.41 Å². The van der Waals surface area contributed by atoms with Gasteiger partial charge in [-0.2, -0.15) is 0 Å². The highest BCUT2D eigenvalue weighted by Gasteiger charge is 2.54. The SMILES string of the molecule is c1cc2c3c(cccc3c1)C21c2cccc3cccc1c23. The summed E-state index contributed by atoms with van der Waals surface area (Å²) in [5.41, 5.74) is 6.00. The van der Waals surface area contributed by atoms with Crippen LogP contribution in [0.1, 0.15) is 22.3 Å². The van der Waals surface area contributed by atoms with Gasteiger partial charge in [-0.15, -0.1) is 0 Å². The summed E-state index contributed by atoms with van der Waals surface area (Å²) in [6, 6.07) is 26.9. The van der Waals surface area contributed by atoms with Crippen molar-refractivity contribution in [3.05, 3.63) is 95.1 Å². The van der Waals surface area contributed by atoms with E-state index in [1.165, 1.54) is 43.8 Å². The molecule has 4 aromatic carbocycles. The van der Waals surface area contributed by atoms with Gasteiger partial charge in [0.15, 0.2) is 0 Å². The van der Waals surface area contributed by atoms with Crippen LogP contribution in [0.4, 0.5) is 0 Å². The zero-order valence-corrected chi connectivity index (χ0v) is 11.4. The first-order chi connectivity index (χ1) is 10.4. The summed E-state index contributed by atoms with van der Waals surface area (Å²) in [5, 5.41) is 5.66. The maximum Gasteiger partial charge on any atom is 0.0725 e. The summed E-state index contributed by atoms with van der Waals surface area (Å²) in [6.45, 7) is 0. The van der Waals surface area contributed by atoms with Crippen molar-refractivity contribution in [2.24, 2.45) is 0 Å². The smallest absolute Gasteiger partial charge is 0.0613 e. The van der Waals surface area contributed by atoms with Crippen molar-refractivity contribution in [2.75, 3.05) is 0 Å². The number of hydrogen-bond donors (Lipinski definition) is 0. The highest BCUT2D eigenvalue weighted by atomic mass is 14.5. The number of hydrogen-bond acceptors (Lipinski definition) is 0. The van der Waals surface area contributed by atoms with Crippen LogP contribution in [0.3, 0.4) is 0 Å². The van der Waals surface area contributed by atoms with Crippen LogP contribution in [0.25, 0.3) is 21.5 Å². The second-order valence-electron chi connectivity index (χ2n) is 6.17. The van der Waals surface area contributed by atoms with Gasteiger partial charge in [0.05, 0.1) is 5.41 Å². The van der Waals surface area contributed by atoms with E-state index in [9.17, 15) is 0 Å². The molecule has 96 valence electrons. The van der Waals surface area contributed by atoms with Crippen LogP contribution < -0.4 is 0 Å². The average molecular weight is 264 g/mol. The number of rotatable bonds is 0. The van der Waals surface area contributed by atoms with Gasteiger partial charge in [0, 0.05) is 0 Å². The van der Waals surface area contributed by atoms with Crippen LogP contribution in [0.5, 0.6) is 0 Å². The molecule has 0 radical (unpaired) electrons. The van der Waals surface area contributed by atoms with Gasteiger partial charge in [0.25, 0.3) is 0 Å². The summed E-state index contributed by atoms with van der Waals surface area (Å²) in [4.78, 5) is 0. The first kappa shape index (κ1) is 10.2.